The second-order valence-electron chi connectivity index (χ2n) is 8.16. The van der Waals surface area contributed by atoms with Crippen molar-refractivity contribution < 1.29 is 14.6 Å². The van der Waals surface area contributed by atoms with Gasteiger partial charge in [0.15, 0.2) is 5.03 Å². The van der Waals surface area contributed by atoms with Crippen LogP contribution < -0.4 is 21.4 Å². The molecule has 0 heterocycles. The Bertz CT molecular complexity index is 1040. The molecule has 0 spiro atoms. The van der Waals surface area contributed by atoms with Crippen LogP contribution in [0, 0.1) is 28.0 Å². The summed E-state index contributed by atoms with van der Waals surface area (Å²) >= 11 is 0. The van der Waals surface area contributed by atoms with E-state index in [4.69, 9.17) is 5.41 Å². The number of rotatable bonds is 12. The Kier molecular flexibility index (Phi) is 10.5. The second-order valence-corrected chi connectivity index (χ2v) is 8.16. The van der Waals surface area contributed by atoms with E-state index >= 15 is 0 Å². The maximum Gasteiger partial charge on any atom is 0.251 e. The number of hydrazine groups is 1. The number of hydrogen-bond donors (Lipinski definition) is 5. The van der Waals surface area contributed by atoms with Gasteiger partial charge >= 0.3 is 0 Å². The van der Waals surface area contributed by atoms with E-state index in [0.29, 0.717) is 18.8 Å². The number of amides is 2. The number of hydrogen-bond acceptors (Lipinski definition) is 5. The van der Waals surface area contributed by atoms with Crippen molar-refractivity contribution in [1.82, 2.24) is 21.4 Å². The average Bonchev–Trinajstić information content (AvgIpc) is 2.78. The zero-order valence-corrected chi connectivity index (χ0v) is 19.3. The quantitative estimate of drug-likeness (QED) is 0.0809. The molecule has 0 aliphatic carbocycles. The van der Waals surface area contributed by atoms with Gasteiger partial charge in [0, 0.05) is 19.2 Å². The SMILES string of the molecule is CC(C)C[CH]NC(=O)[C@H](CCCNC(=N)N[N+](=O)[O-])NC(=O)/C=C/c1ccc2ccccc2c1. The molecule has 0 saturated carbocycles. The number of guanidine groups is 1. The molecule has 5 N–H and O–H groups in total. The van der Waals surface area contributed by atoms with Crippen molar-refractivity contribution in [2.24, 2.45) is 5.92 Å². The minimum absolute atomic E-state index is 0.224. The summed E-state index contributed by atoms with van der Waals surface area (Å²) in [6.07, 6.45) is 4.46. The van der Waals surface area contributed by atoms with E-state index in [2.05, 4.69) is 16.0 Å². The van der Waals surface area contributed by atoms with Crippen molar-refractivity contribution >= 4 is 34.6 Å². The fourth-order valence-corrected chi connectivity index (χ4v) is 3.12. The maximum absolute atomic E-state index is 12.6. The molecule has 0 aromatic heterocycles. The number of fused-ring (bicyclic) bond motifs is 1. The molecule has 0 fully saturated rings. The zero-order chi connectivity index (χ0) is 24.9. The van der Waals surface area contributed by atoms with E-state index in [1.54, 1.807) is 18.0 Å². The summed E-state index contributed by atoms with van der Waals surface area (Å²) in [5.41, 5.74) is 2.56. The molecular weight excluding hydrogens is 436 g/mol. The van der Waals surface area contributed by atoms with Gasteiger partial charge in [-0.2, -0.15) is 0 Å². The Balaban J connectivity index is 1.95. The first kappa shape index (κ1) is 26.3. The first-order chi connectivity index (χ1) is 16.2. The molecule has 2 rings (SSSR count). The predicted molar refractivity (Wildman–Crippen MR) is 132 cm³/mol. The first-order valence-corrected chi connectivity index (χ1v) is 11.1. The lowest BCUT2D eigenvalue weighted by molar-refractivity contribution is -0.525. The summed E-state index contributed by atoms with van der Waals surface area (Å²) in [4.78, 5) is 35.5. The van der Waals surface area contributed by atoms with Crippen LogP contribution in [0.4, 0.5) is 0 Å². The van der Waals surface area contributed by atoms with E-state index in [9.17, 15) is 19.7 Å². The summed E-state index contributed by atoms with van der Waals surface area (Å²) in [6.45, 7) is 5.95. The molecular formula is C24H31N6O4. The molecule has 2 amide bonds. The summed E-state index contributed by atoms with van der Waals surface area (Å²) in [5.74, 6) is -0.819. The molecule has 2 aromatic rings. The third-order valence-electron chi connectivity index (χ3n) is 4.84. The van der Waals surface area contributed by atoms with Crippen molar-refractivity contribution in [2.75, 3.05) is 6.54 Å². The van der Waals surface area contributed by atoms with Crippen molar-refractivity contribution in [3.05, 3.63) is 70.8 Å². The number of benzene rings is 2. The number of nitrogens with zero attached hydrogens (tertiary/aromatic N) is 1. The molecule has 0 bridgehead atoms. The van der Waals surface area contributed by atoms with Crippen LogP contribution in [0.2, 0.25) is 0 Å². The Morgan fingerprint density at radius 2 is 1.88 bits per heavy atom. The summed E-state index contributed by atoms with van der Waals surface area (Å²) in [7, 11) is 0. The van der Waals surface area contributed by atoms with Crippen LogP contribution in [0.1, 0.15) is 38.7 Å². The van der Waals surface area contributed by atoms with Gasteiger partial charge in [-0.05, 0) is 53.7 Å². The molecule has 0 saturated heterocycles. The first-order valence-electron chi connectivity index (χ1n) is 11.1. The normalized spacial score (nSPS) is 11.9. The van der Waals surface area contributed by atoms with Crippen molar-refractivity contribution in [3.8, 4) is 0 Å². The fraction of sp³-hybridized carbons (Fsp3) is 0.333. The Hall–Kier alpha value is -3.95. The third kappa shape index (κ3) is 9.68. The highest BCUT2D eigenvalue weighted by Gasteiger charge is 2.19. The Labute approximate surface area is 198 Å². The lowest BCUT2D eigenvalue weighted by Crippen LogP contribution is -2.46. The summed E-state index contributed by atoms with van der Waals surface area (Å²) < 4.78 is 0. The zero-order valence-electron chi connectivity index (χ0n) is 19.3. The van der Waals surface area contributed by atoms with E-state index in [1.165, 1.54) is 6.08 Å². The Morgan fingerprint density at radius 1 is 1.15 bits per heavy atom. The van der Waals surface area contributed by atoms with Gasteiger partial charge in [-0.1, -0.05) is 55.7 Å². The van der Waals surface area contributed by atoms with Crippen LogP contribution in [0.25, 0.3) is 16.8 Å². The van der Waals surface area contributed by atoms with Crippen LogP contribution in [-0.2, 0) is 9.59 Å². The third-order valence-corrected chi connectivity index (χ3v) is 4.84. The van der Waals surface area contributed by atoms with Gasteiger partial charge in [0.25, 0.3) is 5.96 Å². The summed E-state index contributed by atoms with van der Waals surface area (Å²) in [6, 6.07) is 13.0. The minimum Gasteiger partial charge on any atom is -0.352 e. The minimum atomic E-state index is -0.835. The number of carbonyl (C=O) groups is 2. The van der Waals surface area contributed by atoms with Gasteiger partial charge in [0.1, 0.15) is 6.04 Å². The van der Waals surface area contributed by atoms with Crippen LogP contribution in [0.15, 0.2) is 48.5 Å². The van der Waals surface area contributed by atoms with Crippen molar-refractivity contribution in [3.63, 3.8) is 0 Å². The van der Waals surface area contributed by atoms with E-state index in [-0.39, 0.29) is 18.9 Å². The molecule has 10 heteroatoms. The van der Waals surface area contributed by atoms with Crippen LogP contribution in [0.3, 0.4) is 0 Å². The highest BCUT2D eigenvalue weighted by atomic mass is 16.7. The Morgan fingerprint density at radius 3 is 2.59 bits per heavy atom. The maximum atomic E-state index is 12.6. The smallest absolute Gasteiger partial charge is 0.251 e. The number of carbonyl (C=O) groups excluding carboxylic acids is 2. The van der Waals surface area contributed by atoms with Gasteiger partial charge in [-0.15, -0.1) is 0 Å². The molecule has 1 radical (unpaired) electrons. The highest BCUT2D eigenvalue weighted by molar-refractivity contribution is 5.96. The van der Waals surface area contributed by atoms with Crippen LogP contribution >= 0.6 is 0 Å². The topological polar surface area (TPSA) is 149 Å². The second kappa shape index (κ2) is 13.6. The molecule has 0 aliphatic rings. The average molecular weight is 468 g/mol. The van der Waals surface area contributed by atoms with Gasteiger partial charge in [0.2, 0.25) is 11.8 Å². The van der Waals surface area contributed by atoms with E-state index in [1.807, 2.05) is 56.3 Å². The molecule has 10 nitrogen and oxygen atoms in total. The van der Waals surface area contributed by atoms with Crippen LogP contribution in [0.5, 0.6) is 0 Å². The van der Waals surface area contributed by atoms with Crippen molar-refractivity contribution in [1.29, 1.82) is 5.41 Å². The molecule has 2 aromatic carbocycles. The van der Waals surface area contributed by atoms with Gasteiger partial charge in [-0.25, -0.2) is 10.1 Å². The predicted octanol–water partition coefficient (Wildman–Crippen LogP) is 2.75. The standard InChI is InChI=1S/C24H31N6O4/c1-17(2)13-15-26-23(32)21(8-5-14-27-24(25)29-30(33)34)28-22(31)12-10-18-9-11-19-6-3-4-7-20(19)16-18/h3-4,6-7,9-12,15-17,21H,5,8,13-14H2,1-2H3,(H,26,32)(H,28,31)(H3,25,27,29)/b12-10+/t21-/m0/s1. The van der Waals surface area contributed by atoms with Gasteiger partial charge in [-0.3, -0.25) is 15.0 Å². The van der Waals surface area contributed by atoms with Crippen molar-refractivity contribution in [2.45, 2.75) is 39.2 Å². The molecule has 34 heavy (non-hydrogen) atoms. The fourth-order valence-electron chi connectivity index (χ4n) is 3.12. The van der Waals surface area contributed by atoms with E-state index in [0.717, 1.165) is 16.3 Å². The highest BCUT2D eigenvalue weighted by Crippen LogP contribution is 2.16. The molecule has 181 valence electrons. The largest absolute Gasteiger partial charge is 0.352 e. The summed E-state index contributed by atoms with van der Waals surface area (Å²) in [5, 5.41) is 27.1. The van der Waals surface area contributed by atoms with E-state index < -0.39 is 22.9 Å². The van der Waals surface area contributed by atoms with Gasteiger partial charge < -0.3 is 16.0 Å². The molecule has 1 atom stereocenters. The monoisotopic (exact) mass is 467 g/mol. The number of nitro groups is 1. The van der Waals surface area contributed by atoms with Crippen LogP contribution in [-0.4, -0.2) is 35.4 Å². The van der Waals surface area contributed by atoms with Gasteiger partial charge in [0.05, 0.1) is 0 Å². The molecule has 0 unspecified atom stereocenters. The molecule has 0 aliphatic heterocycles. The number of nitrogens with one attached hydrogen (secondary N) is 5. The lowest BCUT2D eigenvalue weighted by Gasteiger charge is -2.18. The lowest BCUT2D eigenvalue weighted by atomic mass is 10.1.